The minimum atomic E-state index is -0.605. The molecule has 0 bridgehead atoms. The molecule has 0 aliphatic heterocycles. The third-order valence-corrected chi connectivity index (χ3v) is 1.84. The predicted molar refractivity (Wildman–Crippen MR) is 59.9 cm³/mol. The Morgan fingerprint density at radius 3 is 3.00 bits per heavy atom. The topological polar surface area (TPSA) is 55.1 Å². The second-order valence-electron chi connectivity index (χ2n) is 3.09. The monoisotopic (exact) mass is 202 g/mol. The first-order chi connectivity index (χ1) is 7.22. The Morgan fingerprint density at radius 1 is 1.53 bits per heavy atom. The van der Waals surface area contributed by atoms with Gasteiger partial charge in [-0.2, -0.15) is 0 Å². The summed E-state index contributed by atoms with van der Waals surface area (Å²) in [6, 6.07) is 7.72. The summed E-state index contributed by atoms with van der Waals surface area (Å²) in [5.41, 5.74) is 6.89. The summed E-state index contributed by atoms with van der Waals surface area (Å²) < 4.78 is 0. The molecule has 0 radical (unpaired) electrons. The number of benzene rings is 1. The summed E-state index contributed by atoms with van der Waals surface area (Å²) in [6.45, 7) is 3.79. The number of nitrogens with one attached hydrogen (secondary N) is 1. The number of amides is 1. The van der Waals surface area contributed by atoms with Gasteiger partial charge < -0.3 is 11.1 Å². The van der Waals surface area contributed by atoms with Crippen LogP contribution in [0.1, 0.15) is 18.1 Å². The van der Waals surface area contributed by atoms with Crippen LogP contribution in [0.25, 0.3) is 0 Å². The Morgan fingerprint density at radius 2 is 2.33 bits per heavy atom. The summed E-state index contributed by atoms with van der Waals surface area (Å²) >= 11 is 0. The van der Waals surface area contributed by atoms with Gasteiger partial charge in [0.1, 0.15) is 0 Å². The molecule has 78 valence electrons. The average molecular weight is 202 g/mol. The standard InChI is InChI=1S/C12H14N2O/c1-2-14-9-11-5-3-4-10(8-11)6-7-12(13)15/h3-5,8,14H,2,9H2,1H3,(H2,13,15). The van der Waals surface area contributed by atoms with Crippen molar-refractivity contribution in [3.05, 3.63) is 35.4 Å². The molecule has 0 unspecified atom stereocenters. The maximum absolute atomic E-state index is 10.5. The Labute approximate surface area is 89.7 Å². The zero-order valence-electron chi connectivity index (χ0n) is 8.71. The van der Waals surface area contributed by atoms with E-state index < -0.39 is 5.91 Å². The van der Waals surface area contributed by atoms with Gasteiger partial charge in [0.25, 0.3) is 5.91 Å². The Balaban J connectivity index is 2.75. The molecule has 1 aromatic rings. The number of hydrogen-bond acceptors (Lipinski definition) is 2. The molecule has 3 N–H and O–H groups in total. The van der Waals surface area contributed by atoms with Crippen LogP contribution < -0.4 is 11.1 Å². The molecule has 0 aliphatic carbocycles. The number of carbonyl (C=O) groups is 1. The number of carbonyl (C=O) groups excluding carboxylic acids is 1. The van der Waals surface area contributed by atoms with E-state index in [4.69, 9.17) is 5.73 Å². The Hall–Kier alpha value is -1.79. The lowest BCUT2D eigenvalue weighted by atomic mass is 10.1. The average Bonchev–Trinajstić information content (AvgIpc) is 2.24. The largest absolute Gasteiger partial charge is 0.359 e. The molecule has 3 nitrogen and oxygen atoms in total. The predicted octanol–water partition coefficient (Wildman–Crippen LogP) is 0.633. The van der Waals surface area contributed by atoms with E-state index in [2.05, 4.69) is 24.1 Å². The van der Waals surface area contributed by atoms with Gasteiger partial charge >= 0.3 is 0 Å². The fourth-order valence-corrected chi connectivity index (χ4v) is 1.16. The van der Waals surface area contributed by atoms with E-state index in [1.165, 1.54) is 0 Å². The SMILES string of the molecule is CCNCc1cccc(C#CC(N)=O)c1. The molecular formula is C12H14N2O. The molecule has 0 fully saturated rings. The third-order valence-electron chi connectivity index (χ3n) is 1.84. The van der Waals surface area contributed by atoms with Crippen molar-refractivity contribution < 1.29 is 4.79 Å². The van der Waals surface area contributed by atoms with Crippen LogP contribution in [0.2, 0.25) is 0 Å². The smallest absolute Gasteiger partial charge is 0.293 e. The van der Waals surface area contributed by atoms with Crippen molar-refractivity contribution in [2.75, 3.05) is 6.54 Å². The minimum absolute atomic E-state index is 0.605. The van der Waals surface area contributed by atoms with Crippen molar-refractivity contribution in [3.63, 3.8) is 0 Å². The van der Waals surface area contributed by atoms with E-state index in [1.54, 1.807) is 0 Å². The third kappa shape index (κ3) is 4.30. The van der Waals surface area contributed by atoms with Gasteiger partial charge in [0.05, 0.1) is 0 Å². The van der Waals surface area contributed by atoms with Gasteiger partial charge in [-0.05, 0) is 30.2 Å². The van der Waals surface area contributed by atoms with Crippen LogP contribution in [0, 0.1) is 11.8 Å². The van der Waals surface area contributed by atoms with Crippen molar-refractivity contribution in [2.24, 2.45) is 5.73 Å². The minimum Gasteiger partial charge on any atom is -0.359 e. The van der Waals surface area contributed by atoms with Gasteiger partial charge in [0.15, 0.2) is 0 Å². The van der Waals surface area contributed by atoms with E-state index in [0.717, 1.165) is 24.2 Å². The van der Waals surface area contributed by atoms with Crippen molar-refractivity contribution in [2.45, 2.75) is 13.5 Å². The molecule has 0 atom stereocenters. The van der Waals surface area contributed by atoms with Crippen molar-refractivity contribution in [1.82, 2.24) is 5.32 Å². The van der Waals surface area contributed by atoms with Gasteiger partial charge in [0.2, 0.25) is 0 Å². The van der Waals surface area contributed by atoms with E-state index in [0.29, 0.717) is 0 Å². The van der Waals surface area contributed by atoms with Crippen LogP contribution in [-0.4, -0.2) is 12.5 Å². The van der Waals surface area contributed by atoms with Gasteiger partial charge in [-0.1, -0.05) is 25.0 Å². The van der Waals surface area contributed by atoms with Crippen LogP contribution in [-0.2, 0) is 11.3 Å². The van der Waals surface area contributed by atoms with Crippen molar-refractivity contribution >= 4 is 5.91 Å². The number of hydrogen-bond donors (Lipinski definition) is 2. The second kappa shape index (κ2) is 5.84. The molecule has 1 aromatic carbocycles. The highest BCUT2D eigenvalue weighted by Gasteiger charge is 1.92. The molecule has 3 heteroatoms. The van der Waals surface area contributed by atoms with Gasteiger partial charge in [-0.15, -0.1) is 0 Å². The number of primary amides is 1. The van der Waals surface area contributed by atoms with Crippen molar-refractivity contribution in [3.8, 4) is 11.8 Å². The highest BCUT2D eigenvalue weighted by molar-refractivity contribution is 5.92. The van der Waals surface area contributed by atoms with Crippen molar-refractivity contribution in [1.29, 1.82) is 0 Å². The molecule has 0 saturated carbocycles. The van der Waals surface area contributed by atoms with E-state index >= 15 is 0 Å². The summed E-state index contributed by atoms with van der Waals surface area (Å²) in [5.74, 6) is 4.42. The first-order valence-electron chi connectivity index (χ1n) is 4.83. The highest BCUT2D eigenvalue weighted by atomic mass is 16.1. The summed E-state index contributed by atoms with van der Waals surface area (Å²) in [4.78, 5) is 10.5. The zero-order chi connectivity index (χ0) is 11.1. The second-order valence-corrected chi connectivity index (χ2v) is 3.09. The maximum atomic E-state index is 10.5. The molecule has 1 amide bonds. The van der Waals surface area contributed by atoms with E-state index in [1.807, 2.05) is 24.3 Å². The van der Waals surface area contributed by atoms with Gasteiger partial charge in [0, 0.05) is 12.1 Å². The first-order valence-corrected chi connectivity index (χ1v) is 4.83. The highest BCUT2D eigenvalue weighted by Crippen LogP contribution is 2.03. The van der Waals surface area contributed by atoms with Crippen LogP contribution in [0.15, 0.2) is 24.3 Å². The molecule has 0 aromatic heterocycles. The lowest BCUT2D eigenvalue weighted by Crippen LogP contribution is -2.11. The lowest BCUT2D eigenvalue weighted by Gasteiger charge is -2.01. The normalized spacial score (nSPS) is 9.13. The van der Waals surface area contributed by atoms with E-state index in [9.17, 15) is 4.79 Å². The zero-order valence-corrected chi connectivity index (χ0v) is 8.71. The summed E-state index contributed by atoms with van der Waals surface area (Å²) in [6.07, 6.45) is 0. The van der Waals surface area contributed by atoms with Crippen LogP contribution >= 0.6 is 0 Å². The number of rotatable bonds is 3. The molecule has 0 saturated heterocycles. The first kappa shape index (κ1) is 11.3. The van der Waals surface area contributed by atoms with Gasteiger partial charge in [-0.25, -0.2) is 0 Å². The fraction of sp³-hybridized carbons (Fsp3) is 0.250. The van der Waals surface area contributed by atoms with Crippen LogP contribution in [0.3, 0.4) is 0 Å². The maximum Gasteiger partial charge on any atom is 0.293 e. The quantitative estimate of drug-likeness (QED) is 0.706. The fourth-order valence-electron chi connectivity index (χ4n) is 1.16. The van der Waals surface area contributed by atoms with Gasteiger partial charge in [-0.3, -0.25) is 4.79 Å². The molecule has 0 heterocycles. The Bertz CT molecular complexity index is 402. The van der Waals surface area contributed by atoms with E-state index in [-0.39, 0.29) is 0 Å². The summed E-state index contributed by atoms with van der Waals surface area (Å²) in [7, 11) is 0. The molecule has 0 aliphatic rings. The lowest BCUT2D eigenvalue weighted by molar-refractivity contribution is -0.112. The van der Waals surface area contributed by atoms with Crippen LogP contribution in [0.4, 0.5) is 0 Å². The molecule has 15 heavy (non-hydrogen) atoms. The molecule has 0 spiro atoms. The molecule has 1 rings (SSSR count). The Kier molecular flexibility index (Phi) is 4.39. The number of nitrogens with two attached hydrogens (primary N) is 1. The van der Waals surface area contributed by atoms with Crippen LogP contribution in [0.5, 0.6) is 0 Å². The molecular weight excluding hydrogens is 188 g/mol. The summed E-state index contributed by atoms with van der Waals surface area (Å²) in [5, 5.41) is 3.22.